The van der Waals surface area contributed by atoms with E-state index in [4.69, 9.17) is 23.7 Å². The second-order valence-corrected chi connectivity index (χ2v) is 10.2. The number of aliphatic hydroxyl groups excluding tert-OH is 1. The van der Waals surface area contributed by atoms with Crippen LogP contribution >= 0.6 is 15.9 Å². The van der Waals surface area contributed by atoms with Crippen molar-refractivity contribution in [3.8, 4) is 23.0 Å². The highest BCUT2D eigenvalue weighted by molar-refractivity contribution is 9.10. The van der Waals surface area contributed by atoms with Crippen LogP contribution < -0.4 is 35.0 Å². The zero-order valence-electron chi connectivity index (χ0n) is 24.4. The summed E-state index contributed by atoms with van der Waals surface area (Å²) in [6, 6.07) is 7.43. The lowest BCUT2D eigenvalue weighted by atomic mass is 9.95. The van der Waals surface area contributed by atoms with Crippen molar-refractivity contribution < 1.29 is 38.4 Å². The van der Waals surface area contributed by atoms with Gasteiger partial charge < -0.3 is 39.4 Å². The topological polar surface area (TPSA) is 149 Å². The fourth-order valence-corrected chi connectivity index (χ4v) is 4.65. The molecule has 0 saturated heterocycles. The molecule has 4 N–H and O–H groups in total. The Bertz CT molecular complexity index is 1330. The molecule has 0 spiro atoms. The Labute approximate surface area is 253 Å². The van der Waals surface area contributed by atoms with E-state index < -0.39 is 24.3 Å². The van der Waals surface area contributed by atoms with Gasteiger partial charge in [0.1, 0.15) is 6.61 Å². The lowest BCUT2D eigenvalue weighted by molar-refractivity contribution is -0.136. The highest BCUT2D eigenvalue weighted by Crippen LogP contribution is 2.37. The van der Waals surface area contributed by atoms with Crippen molar-refractivity contribution in [2.24, 2.45) is 5.10 Å². The van der Waals surface area contributed by atoms with Gasteiger partial charge in [-0.2, -0.15) is 5.10 Å². The van der Waals surface area contributed by atoms with Crippen LogP contribution in [0.5, 0.6) is 23.0 Å². The number of esters is 1. The summed E-state index contributed by atoms with van der Waals surface area (Å²) in [6.45, 7) is 9.85. The Kier molecular flexibility index (Phi) is 11.9. The summed E-state index contributed by atoms with van der Waals surface area (Å²) in [5.41, 5.74) is 4.60. The van der Waals surface area contributed by atoms with E-state index in [9.17, 15) is 14.7 Å². The second kappa shape index (κ2) is 15.3. The van der Waals surface area contributed by atoms with Gasteiger partial charge in [0.15, 0.2) is 29.2 Å². The van der Waals surface area contributed by atoms with E-state index in [0.29, 0.717) is 51.9 Å². The molecule has 2 atom stereocenters. The van der Waals surface area contributed by atoms with Crippen LogP contribution in [0.2, 0.25) is 0 Å². The van der Waals surface area contributed by atoms with Crippen LogP contribution in [0.1, 0.15) is 51.8 Å². The molecule has 0 unspecified atom stereocenters. The van der Waals surface area contributed by atoms with Crippen molar-refractivity contribution in [3.05, 3.63) is 57.2 Å². The van der Waals surface area contributed by atoms with E-state index in [2.05, 4.69) is 37.1 Å². The summed E-state index contributed by atoms with van der Waals surface area (Å²) >= 11 is 3.52. The maximum Gasteiger partial charge on any atom is 0.337 e. The Balaban J connectivity index is 1.70. The van der Waals surface area contributed by atoms with Crippen LogP contribution in [0.15, 0.2) is 51.2 Å². The number of amides is 2. The molecule has 42 heavy (non-hydrogen) atoms. The van der Waals surface area contributed by atoms with Gasteiger partial charge in [-0.3, -0.25) is 5.43 Å². The number of urea groups is 1. The van der Waals surface area contributed by atoms with E-state index in [1.165, 1.54) is 13.3 Å². The number of hydrogen-bond donors (Lipinski definition) is 4. The van der Waals surface area contributed by atoms with Gasteiger partial charge in [-0.1, -0.05) is 6.07 Å². The number of ether oxygens (including phenoxy) is 5. The summed E-state index contributed by atoms with van der Waals surface area (Å²) in [5, 5.41) is 19.9. The highest BCUT2D eigenvalue weighted by atomic mass is 79.9. The van der Waals surface area contributed by atoms with Gasteiger partial charge >= 0.3 is 12.0 Å². The molecule has 1 aliphatic heterocycles. The molecule has 0 radical (unpaired) electrons. The summed E-state index contributed by atoms with van der Waals surface area (Å²) in [4.78, 5) is 24.6. The Morgan fingerprint density at radius 2 is 1.83 bits per heavy atom. The zero-order valence-corrected chi connectivity index (χ0v) is 26.0. The minimum absolute atomic E-state index is 0.0277. The van der Waals surface area contributed by atoms with Crippen molar-refractivity contribution in [3.63, 3.8) is 0 Å². The van der Waals surface area contributed by atoms with Crippen LogP contribution in [0, 0.1) is 0 Å². The number of hydrazone groups is 1. The van der Waals surface area contributed by atoms with Crippen LogP contribution in [0.25, 0.3) is 0 Å². The van der Waals surface area contributed by atoms with E-state index in [0.717, 1.165) is 5.56 Å². The predicted molar refractivity (Wildman–Crippen MR) is 160 cm³/mol. The Morgan fingerprint density at radius 3 is 2.50 bits per heavy atom. The molecular formula is C29H37BrN4O8. The number of carbonyl (C=O) groups excluding carboxylic acids is 2. The molecule has 0 aliphatic carbocycles. The van der Waals surface area contributed by atoms with E-state index >= 15 is 0 Å². The molecular weight excluding hydrogens is 612 g/mol. The molecule has 0 aromatic heterocycles. The van der Waals surface area contributed by atoms with Gasteiger partial charge in [-0.15, -0.1) is 0 Å². The monoisotopic (exact) mass is 648 g/mol. The maximum absolute atomic E-state index is 12.4. The third kappa shape index (κ3) is 8.52. The fourth-order valence-electron chi connectivity index (χ4n) is 4.10. The van der Waals surface area contributed by atoms with Gasteiger partial charge in [-0.05, 0) is 85.9 Å². The number of nitrogens with one attached hydrogen (secondary N) is 3. The SMILES string of the molecule is CCOc1cc([C@H]2NC(=O)NC(C)=C2C(=O)OC)ccc1OC[C@@H](O)N/N=C/c1cc(Br)c(OC(C)C)c(OCC)c1. The maximum atomic E-state index is 12.4. The quantitative estimate of drug-likeness (QED) is 0.103. The number of nitrogens with zero attached hydrogens (tertiary/aromatic N) is 1. The average molecular weight is 650 g/mol. The normalized spacial score (nSPS) is 15.6. The number of benzene rings is 2. The van der Waals surface area contributed by atoms with E-state index in [1.54, 1.807) is 31.2 Å². The molecule has 3 rings (SSSR count). The molecule has 0 saturated carbocycles. The summed E-state index contributed by atoms with van der Waals surface area (Å²) in [7, 11) is 1.28. The molecule has 0 bridgehead atoms. The first-order valence-corrected chi connectivity index (χ1v) is 14.2. The molecule has 228 valence electrons. The third-order valence-electron chi connectivity index (χ3n) is 5.79. The lowest BCUT2D eigenvalue weighted by Crippen LogP contribution is -2.45. The molecule has 2 aromatic carbocycles. The van der Waals surface area contributed by atoms with Crippen LogP contribution in [-0.2, 0) is 9.53 Å². The molecule has 2 aromatic rings. The van der Waals surface area contributed by atoms with Gasteiger partial charge in [0.25, 0.3) is 0 Å². The average Bonchev–Trinajstić information content (AvgIpc) is 2.93. The first-order chi connectivity index (χ1) is 20.1. The molecule has 0 fully saturated rings. The number of rotatable bonds is 14. The lowest BCUT2D eigenvalue weighted by Gasteiger charge is -2.28. The summed E-state index contributed by atoms with van der Waals surface area (Å²) in [6.07, 6.45) is 0.367. The van der Waals surface area contributed by atoms with E-state index in [1.807, 2.05) is 33.8 Å². The predicted octanol–water partition coefficient (Wildman–Crippen LogP) is 4.16. The van der Waals surface area contributed by atoms with Crippen molar-refractivity contribution in [2.75, 3.05) is 26.9 Å². The van der Waals surface area contributed by atoms with E-state index in [-0.39, 0.29) is 18.3 Å². The van der Waals surface area contributed by atoms with Crippen LogP contribution in [-0.4, -0.2) is 62.6 Å². The Hall–Kier alpha value is -3.97. The molecule has 1 heterocycles. The standard InChI is InChI=1S/C29H37BrN4O8/c1-7-39-22-13-19(26-25(28(36)38-6)17(5)32-29(37)33-26)9-10-21(22)41-15-24(35)34-31-14-18-11-20(30)27(42-16(3)4)23(12-18)40-8-2/h9-14,16,24,26,34-35H,7-8,15H2,1-6H3,(H2,32,33,37)/b31-14+/t24-,26-/m1/s1. The number of aliphatic hydroxyl groups is 1. The molecule has 13 heteroatoms. The van der Waals surface area contributed by atoms with Gasteiger partial charge in [0.2, 0.25) is 0 Å². The highest BCUT2D eigenvalue weighted by Gasteiger charge is 2.32. The van der Waals surface area contributed by atoms with Crippen molar-refractivity contribution in [1.29, 1.82) is 0 Å². The van der Waals surface area contributed by atoms with Crippen LogP contribution in [0.3, 0.4) is 0 Å². The zero-order chi connectivity index (χ0) is 30.8. The number of halogens is 1. The van der Waals surface area contributed by atoms with Gasteiger partial charge in [0.05, 0.1) is 48.7 Å². The van der Waals surface area contributed by atoms with Crippen molar-refractivity contribution in [1.82, 2.24) is 16.1 Å². The number of carbonyl (C=O) groups is 2. The van der Waals surface area contributed by atoms with Crippen molar-refractivity contribution in [2.45, 2.75) is 53.0 Å². The number of methoxy groups -OCH3 is 1. The smallest absolute Gasteiger partial charge is 0.337 e. The second-order valence-electron chi connectivity index (χ2n) is 9.34. The minimum Gasteiger partial charge on any atom is -0.490 e. The molecule has 1 aliphatic rings. The van der Waals surface area contributed by atoms with Crippen LogP contribution in [0.4, 0.5) is 4.79 Å². The van der Waals surface area contributed by atoms with Crippen molar-refractivity contribution >= 4 is 34.1 Å². The number of allylic oxidation sites excluding steroid dienone is 1. The first kappa shape index (κ1) is 32.5. The molecule has 12 nitrogen and oxygen atoms in total. The molecule has 2 amide bonds. The first-order valence-electron chi connectivity index (χ1n) is 13.4. The van der Waals surface area contributed by atoms with Gasteiger partial charge in [-0.25, -0.2) is 9.59 Å². The minimum atomic E-state index is -1.14. The Morgan fingerprint density at radius 1 is 1.12 bits per heavy atom. The summed E-state index contributed by atoms with van der Waals surface area (Å²) < 4.78 is 28.7. The van der Waals surface area contributed by atoms with Gasteiger partial charge in [0, 0.05) is 5.70 Å². The number of hydrogen-bond acceptors (Lipinski definition) is 10. The fraction of sp³-hybridized carbons (Fsp3) is 0.414. The third-order valence-corrected chi connectivity index (χ3v) is 6.38. The summed E-state index contributed by atoms with van der Waals surface area (Å²) in [5.74, 6) is 1.34. The largest absolute Gasteiger partial charge is 0.490 e.